The standard InChI is InChI=1S/C12H19N3S.HI/c1-10-5-6-11(16-10)9-14-12(13)15-7-3-2-4-8-15;/h5-6H,2-4,7-9H2,1H3,(H2,13,14);1H. The molecule has 17 heavy (non-hydrogen) atoms. The van der Waals surface area contributed by atoms with E-state index in [1.165, 1.54) is 29.0 Å². The van der Waals surface area contributed by atoms with Gasteiger partial charge in [-0.2, -0.15) is 0 Å². The van der Waals surface area contributed by atoms with Crippen molar-refractivity contribution in [3.05, 3.63) is 21.9 Å². The molecule has 1 aliphatic heterocycles. The normalized spacial score (nSPS) is 16.8. The fraction of sp³-hybridized carbons (Fsp3) is 0.583. The minimum Gasteiger partial charge on any atom is -0.370 e. The predicted molar refractivity (Wildman–Crippen MR) is 85.2 cm³/mol. The molecule has 5 heteroatoms. The van der Waals surface area contributed by atoms with Crippen molar-refractivity contribution in [2.45, 2.75) is 32.7 Å². The number of nitrogens with two attached hydrogens (primary N) is 1. The van der Waals surface area contributed by atoms with Gasteiger partial charge in [0, 0.05) is 22.8 Å². The SMILES string of the molecule is Cc1ccc(CN=C(N)N2CCCCC2)s1.I. The first kappa shape index (κ1) is 14.8. The number of halogens is 1. The molecule has 1 fully saturated rings. The molecule has 3 nitrogen and oxygen atoms in total. The van der Waals surface area contributed by atoms with Crippen LogP contribution in [0.2, 0.25) is 0 Å². The zero-order valence-corrected chi connectivity index (χ0v) is 13.3. The molecule has 0 bridgehead atoms. The van der Waals surface area contributed by atoms with Crippen LogP contribution in [0.4, 0.5) is 0 Å². The topological polar surface area (TPSA) is 41.6 Å². The van der Waals surface area contributed by atoms with Crippen molar-refractivity contribution in [3.63, 3.8) is 0 Å². The Morgan fingerprint density at radius 2 is 2.06 bits per heavy atom. The second-order valence-corrected chi connectivity index (χ2v) is 5.61. The van der Waals surface area contributed by atoms with E-state index in [1.54, 1.807) is 11.3 Å². The Labute approximate surface area is 124 Å². The highest BCUT2D eigenvalue weighted by atomic mass is 127. The summed E-state index contributed by atoms with van der Waals surface area (Å²) < 4.78 is 0. The van der Waals surface area contributed by atoms with Crippen LogP contribution < -0.4 is 5.73 Å². The lowest BCUT2D eigenvalue weighted by Crippen LogP contribution is -2.40. The predicted octanol–water partition coefficient (Wildman–Crippen LogP) is 2.98. The number of rotatable bonds is 2. The highest BCUT2D eigenvalue weighted by Crippen LogP contribution is 2.16. The lowest BCUT2D eigenvalue weighted by molar-refractivity contribution is 0.338. The van der Waals surface area contributed by atoms with Gasteiger partial charge in [0.25, 0.3) is 0 Å². The first-order valence-electron chi connectivity index (χ1n) is 5.86. The molecule has 1 aliphatic rings. The maximum atomic E-state index is 5.98. The van der Waals surface area contributed by atoms with Crippen molar-refractivity contribution in [2.24, 2.45) is 10.7 Å². The fourth-order valence-corrected chi connectivity index (χ4v) is 2.77. The molecule has 0 spiro atoms. The van der Waals surface area contributed by atoms with E-state index in [0.29, 0.717) is 5.96 Å². The number of hydrogen-bond donors (Lipinski definition) is 1. The van der Waals surface area contributed by atoms with E-state index in [0.717, 1.165) is 19.6 Å². The van der Waals surface area contributed by atoms with Gasteiger partial charge in [-0.05, 0) is 38.3 Å². The Balaban J connectivity index is 0.00000144. The highest BCUT2D eigenvalue weighted by Gasteiger charge is 2.11. The molecule has 2 rings (SSSR count). The summed E-state index contributed by atoms with van der Waals surface area (Å²) in [6.45, 7) is 4.98. The Kier molecular flexibility index (Phi) is 6.26. The van der Waals surface area contributed by atoms with Crippen molar-refractivity contribution in [3.8, 4) is 0 Å². The number of likely N-dealkylation sites (tertiary alicyclic amines) is 1. The van der Waals surface area contributed by atoms with Gasteiger partial charge in [0.05, 0.1) is 6.54 Å². The van der Waals surface area contributed by atoms with Gasteiger partial charge in [0.2, 0.25) is 0 Å². The molecular weight excluding hydrogens is 345 g/mol. The summed E-state index contributed by atoms with van der Waals surface area (Å²) in [7, 11) is 0. The first-order valence-corrected chi connectivity index (χ1v) is 6.67. The van der Waals surface area contributed by atoms with Crippen molar-refractivity contribution in [1.29, 1.82) is 0 Å². The van der Waals surface area contributed by atoms with Gasteiger partial charge in [0.15, 0.2) is 5.96 Å². The molecule has 0 atom stereocenters. The Bertz CT molecular complexity index is 370. The zero-order valence-electron chi connectivity index (χ0n) is 10.2. The van der Waals surface area contributed by atoms with Gasteiger partial charge in [0.1, 0.15) is 0 Å². The van der Waals surface area contributed by atoms with E-state index in [9.17, 15) is 0 Å². The monoisotopic (exact) mass is 365 g/mol. The number of piperidine rings is 1. The van der Waals surface area contributed by atoms with Crippen molar-refractivity contribution >= 4 is 41.3 Å². The Hall–Kier alpha value is -0.300. The van der Waals surface area contributed by atoms with Crippen LogP contribution in [0.3, 0.4) is 0 Å². The van der Waals surface area contributed by atoms with Gasteiger partial charge in [-0.3, -0.25) is 0 Å². The smallest absolute Gasteiger partial charge is 0.191 e. The third-order valence-electron chi connectivity index (χ3n) is 2.87. The summed E-state index contributed by atoms with van der Waals surface area (Å²) in [5, 5.41) is 0. The van der Waals surface area contributed by atoms with E-state index in [1.807, 2.05) is 0 Å². The van der Waals surface area contributed by atoms with Gasteiger partial charge < -0.3 is 10.6 Å². The number of guanidine groups is 1. The van der Waals surface area contributed by atoms with Gasteiger partial charge in [-0.15, -0.1) is 35.3 Å². The third kappa shape index (κ3) is 4.46. The van der Waals surface area contributed by atoms with E-state index in [2.05, 4.69) is 28.9 Å². The second-order valence-electron chi connectivity index (χ2n) is 4.23. The second kappa shape index (κ2) is 7.20. The molecule has 1 aromatic rings. The van der Waals surface area contributed by atoms with Crippen LogP contribution in [-0.2, 0) is 6.54 Å². The molecule has 0 radical (unpaired) electrons. The maximum Gasteiger partial charge on any atom is 0.191 e. The molecule has 0 unspecified atom stereocenters. The molecule has 0 saturated carbocycles. The van der Waals surface area contributed by atoms with E-state index in [-0.39, 0.29) is 24.0 Å². The first-order chi connectivity index (χ1) is 7.75. The molecule has 0 aliphatic carbocycles. The lowest BCUT2D eigenvalue weighted by atomic mass is 10.1. The summed E-state index contributed by atoms with van der Waals surface area (Å²) in [6.07, 6.45) is 3.82. The zero-order chi connectivity index (χ0) is 11.4. The maximum absolute atomic E-state index is 5.98. The van der Waals surface area contributed by atoms with Gasteiger partial charge in [-0.25, -0.2) is 4.99 Å². The summed E-state index contributed by atoms with van der Waals surface area (Å²) >= 11 is 1.80. The van der Waals surface area contributed by atoms with Crippen LogP contribution >= 0.6 is 35.3 Å². The highest BCUT2D eigenvalue weighted by molar-refractivity contribution is 14.0. The molecule has 2 N–H and O–H groups in total. The molecule has 0 aromatic carbocycles. The molecular formula is C12H20IN3S. The summed E-state index contributed by atoms with van der Waals surface area (Å²) in [5.41, 5.74) is 5.98. The number of aryl methyl sites for hydroxylation is 1. The van der Waals surface area contributed by atoms with Crippen LogP contribution in [0, 0.1) is 6.92 Å². The summed E-state index contributed by atoms with van der Waals surface area (Å²) in [5.74, 6) is 0.714. The van der Waals surface area contributed by atoms with Crippen molar-refractivity contribution < 1.29 is 0 Å². The quantitative estimate of drug-likeness (QED) is 0.497. The van der Waals surface area contributed by atoms with E-state index >= 15 is 0 Å². The largest absolute Gasteiger partial charge is 0.370 e. The lowest BCUT2D eigenvalue weighted by Gasteiger charge is -2.27. The molecule has 2 heterocycles. The minimum atomic E-state index is 0. The van der Waals surface area contributed by atoms with Crippen molar-refractivity contribution in [2.75, 3.05) is 13.1 Å². The summed E-state index contributed by atoms with van der Waals surface area (Å²) in [6, 6.07) is 4.26. The van der Waals surface area contributed by atoms with Crippen LogP contribution in [0.1, 0.15) is 29.0 Å². The van der Waals surface area contributed by atoms with Gasteiger partial charge in [-0.1, -0.05) is 0 Å². The summed E-state index contributed by atoms with van der Waals surface area (Å²) in [4.78, 5) is 9.28. The number of hydrogen-bond acceptors (Lipinski definition) is 2. The van der Waals surface area contributed by atoms with E-state index in [4.69, 9.17) is 5.73 Å². The Morgan fingerprint density at radius 1 is 1.35 bits per heavy atom. The number of nitrogens with zero attached hydrogens (tertiary/aromatic N) is 2. The molecule has 0 amide bonds. The molecule has 96 valence electrons. The third-order valence-corrected chi connectivity index (χ3v) is 3.86. The van der Waals surface area contributed by atoms with Crippen LogP contribution in [0.15, 0.2) is 17.1 Å². The Morgan fingerprint density at radius 3 is 2.65 bits per heavy atom. The van der Waals surface area contributed by atoms with Crippen LogP contribution in [0.25, 0.3) is 0 Å². The number of thiophene rings is 1. The minimum absolute atomic E-state index is 0. The van der Waals surface area contributed by atoms with Crippen LogP contribution in [0.5, 0.6) is 0 Å². The average Bonchev–Trinajstić information content (AvgIpc) is 2.73. The van der Waals surface area contributed by atoms with Crippen molar-refractivity contribution in [1.82, 2.24) is 4.90 Å². The average molecular weight is 365 g/mol. The van der Waals surface area contributed by atoms with Gasteiger partial charge >= 0.3 is 0 Å². The van der Waals surface area contributed by atoms with E-state index < -0.39 is 0 Å². The number of aliphatic imine (C=N–C) groups is 1. The molecule has 1 saturated heterocycles. The van der Waals surface area contributed by atoms with Crippen LogP contribution in [-0.4, -0.2) is 23.9 Å². The fourth-order valence-electron chi connectivity index (χ4n) is 1.95. The molecule has 1 aromatic heterocycles.